The van der Waals surface area contributed by atoms with Crippen LogP contribution in [0.2, 0.25) is 0 Å². The third kappa shape index (κ3) is 2.08. The Bertz CT molecular complexity index is 721. The van der Waals surface area contributed by atoms with Crippen LogP contribution < -0.4 is 4.90 Å². The van der Waals surface area contributed by atoms with Crippen molar-refractivity contribution in [3.63, 3.8) is 0 Å². The van der Waals surface area contributed by atoms with Crippen LogP contribution in [0.15, 0.2) is 53.5 Å². The molecule has 4 rings (SSSR count). The zero-order valence-corrected chi connectivity index (χ0v) is 12.0. The van der Waals surface area contributed by atoms with Gasteiger partial charge in [0.2, 0.25) is 0 Å². The lowest BCUT2D eigenvalue weighted by molar-refractivity contribution is 0.779. The Kier molecular flexibility index (Phi) is 2.92. The predicted molar refractivity (Wildman–Crippen MR) is 85.6 cm³/mol. The first kappa shape index (κ1) is 11.9. The topological polar surface area (TPSA) is 16.1 Å². The van der Waals surface area contributed by atoms with E-state index in [0.717, 1.165) is 13.1 Å². The van der Waals surface area contributed by atoms with Gasteiger partial charge in [0.15, 0.2) is 0 Å². The Labute approximate surface area is 122 Å². The minimum Gasteiger partial charge on any atom is -0.371 e. The van der Waals surface area contributed by atoms with Crippen LogP contribution in [0.1, 0.15) is 17.9 Å². The molecule has 1 fully saturated rings. The van der Waals surface area contributed by atoms with Crippen molar-refractivity contribution in [2.24, 2.45) is 0 Å². The molecule has 2 aromatic heterocycles. The highest BCUT2D eigenvalue weighted by Crippen LogP contribution is 2.32. The summed E-state index contributed by atoms with van der Waals surface area (Å²) in [5.74, 6) is 0.689. The molecule has 0 bridgehead atoms. The molecule has 1 atom stereocenters. The SMILES string of the molecule is c1cc2cc(N3CCC(c4ccsc4)C3)ccc2cn1. The summed E-state index contributed by atoms with van der Waals surface area (Å²) in [4.78, 5) is 6.68. The molecule has 0 aliphatic carbocycles. The number of pyridine rings is 1. The number of aromatic nitrogens is 1. The van der Waals surface area contributed by atoms with E-state index in [4.69, 9.17) is 0 Å². The molecule has 20 heavy (non-hydrogen) atoms. The van der Waals surface area contributed by atoms with Gasteiger partial charge in [-0.05, 0) is 52.4 Å². The molecule has 1 saturated heterocycles. The van der Waals surface area contributed by atoms with Gasteiger partial charge in [0.05, 0.1) is 0 Å². The van der Waals surface area contributed by atoms with Crippen molar-refractivity contribution < 1.29 is 0 Å². The second-order valence-electron chi connectivity index (χ2n) is 5.40. The molecule has 0 N–H and O–H groups in total. The summed E-state index contributed by atoms with van der Waals surface area (Å²) in [6, 6.07) is 11.0. The molecule has 1 aliphatic rings. The molecule has 1 unspecified atom stereocenters. The number of rotatable bonds is 2. The zero-order chi connectivity index (χ0) is 13.4. The van der Waals surface area contributed by atoms with Crippen molar-refractivity contribution in [2.45, 2.75) is 12.3 Å². The molecule has 0 amide bonds. The second kappa shape index (κ2) is 4.91. The molecule has 0 spiro atoms. The fourth-order valence-corrected chi connectivity index (χ4v) is 3.78. The highest BCUT2D eigenvalue weighted by molar-refractivity contribution is 7.08. The van der Waals surface area contributed by atoms with Crippen LogP contribution in [0.5, 0.6) is 0 Å². The monoisotopic (exact) mass is 280 g/mol. The Morgan fingerprint density at radius 1 is 1.15 bits per heavy atom. The van der Waals surface area contributed by atoms with E-state index in [1.165, 1.54) is 28.4 Å². The van der Waals surface area contributed by atoms with E-state index >= 15 is 0 Å². The Hall–Kier alpha value is -1.87. The quantitative estimate of drug-likeness (QED) is 0.696. The predicted octanol–water partition coefficient (Wildman–Crippen LogP) is 4.29. The molecule has 2 nitrogen and oxygen atoms in total. The summed E-state index contributed by atoms with van der Waals surface area (Å²) in [7, 11) is 0. The molecule has 3 heteroatoms. The van der Waals surface area contributed by atoms with Crippen molar-refractivity contribution in [3.05, 3.63) is 59.0 Å². The van der Waals surface area contributed by atoms with Crippen LogP contribution in [0.25, 0.3) is 10.8 Å². The second-order valence-corrected chi connectivity index (χ2v) is 6.18. The summed E-state index contributed by atoms with van der Waals surface area (Å²) in [6.45, 7) is 2.28. The van der Waals surface area contributed by atoms with Gasteiger partial charge in [0.1, 0.15) is 0 Å². The normalized spacial score (nSPS) is 18.8. The molecule has 0 saturated carbocycles. The Balaban J connectivity index is 1.61. The Morgan fingerprint density at radius 2 is 2.15 bits per heavy atom. The van der Waals surface area contributed by atoms with E-state index < -0.39 is 0 Å². The molecular formula is C17H16N2S. The van der Waals surface area contributed by atoms with Gasteiger partial charge in [-0.1, -0.05) is 6.07 Å². The van der Waals surface area contributed by atoms with E-state index in [-0.39, 0.29) is 0 Å². The van der Waals surface area contributed by atoms with Gasteiger partial charge in [0.25, 0.3) is 0 Å². The van der Waals surface area contributed by atoms with Crippen molar-refractivity contribution in [1.29, 1.82) is 0 Å². The lowest BCUT2D eigenvalue weighted by Crippen LogP contribution is -2.18. The summed E-state index contributed by atoms with van der Waals surface area (Å²) in [5, 5.41) is 6.96. The van der Waals surface area contributed by atoms with Gasteiger partial charge in [-0.25, -0.2) is 0 Å². The number of hydrogen-bond donors (Lipinski definition) is 0. The maximum Gasteiger partial charge on any atom is 0.0372 e. The molecule has 0 radical (unpaired) electrons. The highest BCUT2D eigenvalue weighted by atomic mass is 32.1. The van der Waals surface area contributed by atoms with E-state index in [1.54, 1.807) is 11.3 Å². The van der Waals surface area contributed by atoms with Gasteiger partial charge in [0, 0.05) is 42.5 Å². The first-order chi connectivity index (χ1) is 9.90. The van der Waals surface area contributed by atoms with Crippen molar-refractivity contribution >= 4 is 27.8 Å². The van der Waals surface area contributed by atoms with Crippen molar-refractivity contribution in [1.82, 2.24) is 4.98 Å². The smallest absolute Gasteiger partial charge is 0.0372 e. The summed E-state index contributed by atoms with van der Waals surface area (Å²) < 4.78 is 0. The first-order valence-electron chi connectivity index (χ1n) is 7.01. The number of thiophene rings is 1. The van der Waals surface area contributed by atoms with E-state index in [1.807, 2.05) is 12.4 Å². The van der Waals surface area contributed by atoms with Crippen LogP contribution in [-0.2, 0) is 0 Å². The number of hydrogen-bond acceptors (Lipinski definition) is 3. The molecule has 1 aliphatic heterocycles. The first-order valence-corrected chi connectivity index (χ1v) is 7.95. The maximum absolute atomic E-state index is 4.17. The van der Waals surface area contributed by atoms with Gasteiger partial charge < -0.3 is 4.90 Å². The molecule has 3 aromatic rings. The molecule has 3 heterocycles. The van der Waals surface area contributed by atoms with E-state index in [0.29, 0.717) is 5.92 Å². The highest BCUT2D eigenvalue weighted by Gasteiger charge is 2.24. The van der Waals surface area contributed by atoms with Gasteiger partial charge in [-0.15, -0.1) is 0 Å². The minimum absolute atomic E-state index is 0.689. The van der Waals surface area contributed by atoms with Gasteiger partial charge >= 0.3 is 0 Å². The third-order valence-corrected chi connectivity index (χ3v) is 4.89. The summed E-state index contributed by atoms with van der Waals surface area (Å²) >= 11 is 1.80. The van der Waals surface area contributed by atoms with Crippen molar-refractivity contribution in [2.75, 3.05) is 18.0 Å². The van der Waals surface area contributed by atoms with Crippen LogP contribution in [0.3, 0.4) is 0 Å². The van der Waals surface area contributed by atoms with E-state index in [9.17, 15) is 0 Å². The fourth-order valence-electron chi connectivity index (χ4n) is 3.04. The van der Waals surface area contributed by atoms with Crippen LogP contribution in [-0.4, -0.2) is 18.1 Å². The van der Waals surface area contributed by atoms with E-state index in [2.05, 4.69) is 51.0 Å². The number of anilines is 1. The van der Waals surface area contributed by atoms with Crippen LogP contribution in [0, 0.1) is 0 Å². The average Bonchev–Trinajstić information content (AvgIpc) is 3.17. The van der Waals surface area contributed by atoms with Crippen LogP contribution in [0.4, 0.5) is 5.69 Å². The molecular weight excluding hydrogens is 264 g/mol. The Morgan fingerprint density at radius 3 is 3.05 bits per heavy atom. The minimum atomic E-state index is 0.689. The number of benzene rings is 1. The lowest BCUT2D eigenvalue weighted by Gasteiger charge is -2.19. The largest absolute Gasteiger partial charge is 0.371 e. The average molecular weight is 280 g/mol. The third-order valence-electron chi connectivity index (χ3n) is 4.19. The van der Waals surface area contributed by atoms with Gasteiger partial charge in [-0.2, -0.15) is 11.3 Å². The molecule has 100 valence electrons. The zero-order valence-electron chi connectivity index (χ0n) is 11.2. The fraction of sp³-hybridized carbons (Fsp3) is 0.235. The number of fused-ring (bicyclic) bond motifs is 1. The van der Waals surface area contributed by atoms with Crippen LogP contribution >= 0.6 is 11.3 Å². The summed E-state index contributed by atoms with van der Waals surface area (Å²) in [5.41, 5.74) is 2.84. The maximum atomic E-state index is 4.17. The lowest BCUT2D eigenvalue weighted by atomic mass is 10.0. The number of nitrogens with zero attached hydrogens (tertiary/aromatic N) is 2. The molecule has 1 aromatic carbocycles. The van der Waals surface area contributed by atoms with Crippen molar-refractivity contribution in [3.8, 4) is 0 Å². The van der Waals surface area contributed by atoms with Gasteiger partial charge in [-0.3, -0.25) is 4.98 Å². The standard InChI is InChI=1S/C17H16N2S/c1-2-17(9-13-3-6-18-10-14(1)13)19-7-4-15(11-19)16-5-8-20-12-16/h1-3,5-6,8-10,12,15H,4,7,11H2. The summed E-state index contributed by atoms with van der Waals surface area (Å²) in [6.07, 6.45) is 5.05.